The molecule has 2 heteroatoms. The van der Waals surface area contributed by atoms with Crippen LogP contribution in [0.3, 0.4) is 0 Å². The van der Waals surface area contributed by atoms with Crippen molar-refractivity contribution in [2.45, 2.75) is 59.9 Å². The largest absolute Gasteiger partial charge is 0.273 e. The normalized spacial score (nSPS) is 15.2. The van der Waals surface area contributed by atoms with Gasteiger partial charge in [0.25, 0.3) is 0 Å². The number of aryl methyl sites for hydroxylation is 1. The van der Waals surface area contributed by atoms with E-state index >= 15 is 0 Å². The molecule has 0 radical (unpaired) electrons. The van der Waals surface area contributed by atoms with Crippen LogP contribution in [-0.2, 0) is 13.0 Å². The quantitative estimate of drug-likeness (QED) is 0.697. The molecule has 0 spiro atoms. The second-order valence-corrected chi connectivity index (χ2v) is 4.80. The van der Waals surface area contributed by atoms with Crippen molar-refractivity contribution in [3.8, 4) is 0 Å². The Labute approximate surface area is 93.7 Å². The summed E-state index contributed by atoms with van der Waals surface area (Å²) in [4.78, 5) is 0. The Balaban J connectivity index is 2.65. The average molecular weight is 208 g/mol. The van der Waals surface area contributed by atoms with Gasteiger partial charge in [0, 0.05) is 12.7 Å². The van der Waals surface area contributed by atoms with Gasteiger partial charge in [-0.2, -0.15) is 5.10 Å². The zero-order chi connectivity index (χ0) is 11.3. The molecule has 2 nitrogen and oxygen atoms in total. The molecule has 0 aliphatic rings. The van der Waals surface area contributed by atoms with E-state index in [1.54, 1.807) is 0 Å². The number of aromatic nitrogens is 2. The third kappa shape index (κ3) is 3.37. The summed E-state index contributed by atoms with van der Waals surface area (Å²) in [5.41, 5.74) is 1.84. The van der Waals surface area contributed by atoms with Gasteiger partial charge in [-0.3, -0.25) is 4.68 Å². The smallest absolute Gasteiger partial charge is 0.0521 e. The zero-order valence-electron chi connectivity index (χ0n) is 10.6. The van der Waals surface area contributed by atoms with E-state index in [0.717, 1.165) is 13.0 Å². The van der Waals surface area contributed by atoms with Crippen LogP contribution >= 0.6 is 0 Å². The summed E-state index contributed by atoms with van der Waals surface area (Å²) >= 11 is 0. The second-order valence-electron chi connectivity index (χ2n) is 4.80. The molecule has 1 unspecified atom stereocenters. The summed E-state index contributed by atoms with van der Waals surface area (Å²) in [5, 5.41) is 4.33. The lowest BCUT2D eigenvalue weighted by Gasteiger charge is -2.27. The summed E-state index contributed by atoms with van der Waals surface area (Å²) in [6.07, 6.45) is 9.19. The van der Waals surface area contributed by atoms with Crippen molar-refractivity contribution in [2.24, 2.45) is 5.41 Å². The number of hydrogen-bond acceptors (Lipinski definition) is 1. The SMILES string of the molecule is CCCC(C)(CC)Cc1cnn(CC)c1. The summed E-state index contributed by atoms with van der Waals surface area (Å²) in [6, 6.07) is 0. The minimum Gasteiger partial charge on any atom is -0.273 e. The average Bonchev–Trinajstić information content (AvgIpc) is 2.66. The molecule has 0 saturated carbocycles. The van der Waals surface area contributed by atoms with Crippen LogP contribution in [0.1, 0.15) is 52.5 Å². The zero-order valence-corrected chi connectivity index (χ0v) is 10.6. The highest BCUT2D eigenvalue weighted by molar-refractivity contribution is 5.07. The standard InChI is InChI=1S/C13H24N2/c1-5-8-13(4,6-2)9-12-10-14-15(7-3)11-12/h10-11H,5-9H2,1-4H3. The van der Waals surface area contributed by atoms with Gasteiger partial charge in [-0.15, -0.1) is 0 Å². The van der Waals surface area contributed by atoms with E-state index in [4.69, 9.17) is 0 Å². The number of hydrogen-bond donors (Lipinski definition) is 0. The predicted octanol–water partition coefficient (Wildman–Crippen LogP) is 3.66. The fourth-order valence-corrected chi connectivity index (χ4v) is 2.16. The van der Waals surface area contributed by atoms with Gasteiger partial charge >= 0.3 is 0 Å². The molecule has 0 aliphatic carbocycles. The Hall–Kier alpha value is -0.790. The van der Waals surface area contributed by atoms with Gasteiger partial charge in [-0.25, -0.2) is 0 Å². The van der Waals surface area contributed by atoms with Gasteiger partial charge < -0.3 is 0 Å². The Kier molecular flexibility index (Phi) is 4.37. The lowest BCUT2D eigenvalue weighted by molar-refractivity contribution is 0.279. The van der Waals surface area contributed by atoms with E-state index < -0.39 is 0 Å². The molecule has 0 bridgehead atoms. The van der Waals surface area contributed by atoms with Gasteiger partial charge in [0.15, 0.2) is 0 Å². The summed E-state index contributed by atoms with van der Waals surface area (Å²) in [6.45, 7) is 10.0. The second kappa shape index (κ2) is 5.34. The van der Waals surface area contributed by atoms with Crippen molar-refractivity contribution in [3.05, 3.63) is 18.0 Å². The molecule has 1 atom stereocenters. The molecular weight excluding hydrogens is 184 g/mol. The summed E-state index contributed by atoms with van der Waals surface area (Å²) in [7, 11) is 0. The molecule has 86 valence electrons. The Bertz CT molecular complexity index is 290. The molecule has 1 rings (SSSR count). The fraction of sp³-hybridized carbons (Fsp3) is 0.769. The molecular formula is C13H24N2. The van der Waals surface area contributed by atoms with E-state index in [1.807, 2.05) is 10.9 Å². The van der Waals surface area contributed by atoms with Crippen LogP contribution in [0.4, 0.5) is 0 Å². The Morgan fingerprint density at radius 2 is 2.07 bits per heavy atom. The molecule has 1 aromatic heterocycles. The van der Waals surface area contributed by atoms with Crippen LogP contribution < -0.4 is 0 Å². The van der Waals surface area contributed by atoms with Crippen molar-refractivity contribution < 1.29 is 0 Å². The first-order valence-corrected chi connectivity index (χ1v) is 6.15. The first-order chi connectivity index (χ1) is 7.13. The lowest BCUT2D eigenvalue weighted by atomic mass is 9.78. The minimum absolute atomic E-state index is 0.455. The highest BCUT2D eigenvalue weighted by atomic mass is 15.3. The molecule has 0 aliphatic heterocycles. The van der Waals surface area contributed by atoms with Crippen LogP contribution in [0.25, 0.3) is 0 Å². The van der Waals surface area contributed by atoms with Crippen molar-refractivity contribution in [1.29, 1.82) is 0 Å². The topological polar surface area (TPSA) is 17.8 Å². The van der Waals surface area contributed by atoms with Gasteiger partial charge in [-0.05, 0) is 30.7 Å². The van der Waals surface area contributed by atoms with Crippen molar-refractivity contribution in [3.63, 3.8) is 0 Å². The number of nitrogens with zero attached hydrogens (tertiary/aromatic N) is 2. The molecule has 0 fully saturated rings. The Morgan fingerprint density at radius 3 is 2.53 bits per heavy atom. The third-order valence-corrected chi connectivity index (χ3v) is 3.35. The first-order valence-electron chi connectivity index (χ1n) is 6.15. The monoisotopic (exact) mass is 208 g/mol. The van der Waals surface area contributed by atoms with E-state index in [0.29, 0.717) is 5.41 Å². The van der Waals surface area contributed by atoms with E-state index in [1.165, 1.54) is 24.8 Å². The highest BCUT2D eigenvalue weighted by Crippen LogP contribution is 2.31. The predicted molar refractivity (Wildman–Crippen MR) is 64.9 cm³/mol. The minimum atomic E-state index is 0.455. The maximum absolute atomic E-state index is 4.33. The van der Waals surface area contributed by atoms with Crippen molar-refractivity contribution in [2.75, 3.05) is 0 Å². The summed E-state index contributed by atoms with van der Waals surface area (Å²) in [5.74, 6) is 0. The molecule has 0 N–H and O–H groups in total. The van der Waals surface area contributed by atoms with Gasteiger partial charge in [0.2, 0.25) is 0 Å². The van der Waals surface area contributed by atoms with Gasteiger partial charge in [0.05, 0.1) is 6.20 Å². The van der Waals surface area contributed by atoms with Crippen LogP contribution in [0.5, 0.6) is 0 Å². The van der Waals surface area contributed by atoms with Gasteiger partial charge in [-0.1, -0.05) is 33.6 Å². The van der Waals surface area contributed by atoms with Crippen molar-refractivity contribution >= 4 is 0 Å². The van der Waals surface area contributed by atoms with Crippen LogP contribution in [0.2, 0.25) is 0 Å². The maximum atomic E-state index is 4.33. The van der Waals surface area contributed by atoms with E-state index in [2.05, 4.69) is 39.0 Å². The first kappa shape index (κ1) is 12.3. The molecule has 0 amide bonds. The third-order valence-electron chi connectivity index (χ3n) is 3.35. The fourth-order valence-electron chi connectivity index (χ4n) is 2.16. The molecule has 15 heavy (non-hydrogen) atoms. The van der Waals surface area contributed by atoms with Gasteiger partial charge in [0.1, 0.15) is 0 Å². The molecule has 1 heterocycles. The van der Waals surface area contributed by atoms with Crippen LogP contribution in [-0.4, -0.2) is 9.78 Å². The lowest BCUT2D eigenvalue weighted by Crippen LogP contribution is -2.17. The van der Waals surface area contributed by atoms with Crippen LogP contribution in [0, 0.1) is 5.41 Å². The maximum Gasteiger partial charge on any atom is 0.0521 e. The summed E-state index contributed by atoms with van der Waals surface area (Å²) < 4.78 is 2.01. The molecule has 1 aromatic rings. The van der Waals surface area contributed by atoms with E-state index in [9.17, 15) is 0 Å². The molecule has 0 aromatic carbocycles. The van der Waals surface area contributed by atoms with Crippen molar-refractivity contribution in [1.82, 2.24) is 9.78 Å². The number of rotatable bonds is 6. The molecule has 0 saturated heterocycles. The Morgan fingerprint density at radius 1 is 1.33 bits per heavy atom. The highest BCUT2D eigenvalue weighted by Gasteiger charge is 2.21. The van der Waals surface area contributed by atoms with E-state index in [-0.39, 0.29) is 0 Å². The van der Waals surface area contributed by atoms with Crippen LogP contribution in [0.15, 0.2) is 12.4 Å².